The molecule has 1 amide bonds. The minimum absolute atomic E-state index is 0.142. The molecule has 1 aliphatic heterocycles. The van der Waals surface area contributed by atoms with Gasteiger partial charge in [0.2, 0.25) is 0 Å². The van der Waals surface area contributed by atoms with Crippen LogP contribution in [0.1, 0.15) is 15.9 Å². The second-order valence-corrected chi connectivity index (χ2v) is 5.76. The lowest BCUT2D eigenvalue weighted by Gasteiger charge is -2.10. The van der Waals surface area contributed by atoms with Gasteiger partial charge in [0.1, 0.15) is 11.5 Å². The molecule has 0 atom stereocenters. The molecule has 0 radical (unpaired) electrons. The molecule has 4 rings (SSSR count). The zero-order valence-corrected chi connectivity index (χ0v) is 12.2. The molecule has 0 aliphatic carbocycles. The van der Waals surface area contributed by atoms with Gasteiger partial charge in [0.25, 0.3) is 5.91 Å². The van der Waals surface area contributed by atoms with E-state index in [2.05, 4.69) is 9.97 Å². The number of anilines is 1. The van der Waals surface area contributed by atoms with Gasteiger partial charge in [-0.1, -0.05) is 6.07 Å². The van der Waals surface area contributed by atoms with Gasteiger partial charge in [-0.15, -0.1) is 11.3 Å². The maximum absolute atomic E-state index is 13.3. The van der Waals surface area contributed by atoms with E-state index in [1.807, 2.05) is 23.6 Å². The van der Waals surface area contributed by atoms with Crippen LogP contribution in [0, 0.1) is 5.82 Å². The van der Waals surface area contributed by atoms with E-state index in [4.69, 9.17) is 0 Å². The Balaban J connectivity index is 1.67. The second-order valence-electron chi connectivity index (χ2n) is 4.92. The fraction of sp³-hybridized carbons (Fsp3) is 0.0625. The van der Waals surface area contributed by atoms with Crippen LogP contribution in [0.3, 0.4) is 0 Å². The van der Waals surface area contributed by atoms with Gasteiger partial charge < -0.3 is 0 Å². The van der Waals surface area contributed by atoms with Crippen molar-refractivity contribution < 1.29 is 9.18 Å². The lowest BCUT2D eigenvalue weighted by molar-refractivity contribution is 0.0996. The summed E-state index contributed by atoms with van der Waals surface area (Å²) in [7, 11) is 0. The van der Waals surface area contributed by atoms with Crippen LogP contribution in [0.25, 0.3) is 11.4 Å². The molecule has 1 aliphatic rings. The number of thiazole rings is 1. The van der Waals surface area contributed by atoms with Crippen molar-refractivity contribution in [3.63, 3.8) is 0 Å². The predicted octanol–water partition coefficient (Wildman–Crippen LogP) is 3.50. The van der Waals surface area contributed by atoms with E-state index in [9.17, 15) is 9.18 Å². The minimum Gasteiger partial charge on any atom is -0.279 e. The van der Waals surface area contributed by atoms with E-state index in [0.717, 1.165) is 11.4 Å². The first kappa shape index (κ1) is 13.1. The third-order valence-corrected chi connectivity index (χ3v) is 4.39. The van der Waals surface area contributed by atoms with Crippen LogP contribution in [0.5, 0.6) is 0 Å². The van der Waals surface area contributed by atoms with Crippen LogP contribution in [-0.4, -0.2) is 15.9 Å². The van der Waals surface area contributed by atoms with Crippen LogP contribution >= 0.6 is 11.3 Å². The van der Waals surface area contributed by atoms with Crippen molar-refractivity contribution in [2.24, 2.45) is 0 Å². The van der Waals surface area contributed by atoms with Gasteiger partial charge in [0, 0.05) is 17.1 Å². The first-order valence-electron chi connectivity index (χ1n) is 6.69. The molecule has 6 heteroatoms. The first-order chi connectivity index (χ1) is 10.7. The van der Waals surface area contributed by atoms with Gasteiger partial charge in [0.15, 0.2) is 5.13 Å². The fourth-order valence-electron chi connectivity index (χ4n) is 2.46. The van der Waals surface area contributed by atoms with Gasteiger partial charge in [-0.05, 0) is 35.9 Å². The summed E-state index contributed by atoms with van der Waals surface area (Å²) in [5, 5.41) is 2.47. The van der Waals surface area contributed by atoms with Crippen molar-refractivity contribution in [3.8, 4) is 11.4 Å². The zero-order chi connectivity index (χ0) is 15.1. The topological polar surface area (TPSA) is 46.1 Å². The van der Waals surface area contributed by atoms with Crippen molar-refractivity contribution in [1.29, 1.82) is 0 Å². The highest BCUT2D eigenvalue weighted by Crippen LogP contribution is 2.32. The summed E-state index contributed by atoms with van der Waals surface area (Å²) < 4.78 is 13.3. The summed E-state index contributed by atoms with van der Waals surface area (Å²) in [4.78, 5) is 22.7. The van der Waals surface area contributed by atoms with Crippen molar-refractivity contribution >= 4 is 22.4 Å². The molecule has 1 aromatic carbocycles. The number of amides is 1. The Hall–Kier alpha value is -2.60. The van der Waals surface area contributed by atoms with Crippen molar-refractivity contribution in [2.45, 2.75) is 6.54 Å². The van der Waals surface area contributed by atoms with E-state index >= 15 is 0 Å². The average Bonchev–Trinajstić information content (AvgIpc) is 3.13. The standard InChI is InChI=1S/C16H10FN3OS/c17-11-4-5-12-10(7-11)8-20(15(12)21)16-19-14(9-22-16)13-3-1-2-6-18-13/h1-7,9H,8H2. The van der Waals surface area contributed by atoms with E-state index in [-0.39, 0.29) is 11.7 Å². The maximum atomic E-state index is 13.3. The van der Waals surface area contributed by atoms with Crippen LogP contribution in [0.4, 0.5) is 9.52 Å². The predicted molar refractivity (Wildman–Crippen MR) is 82.3 cm³/mol. The number of benzene rings is 1. The lowest BCUT2D eigenvalue weighted by Crippen LogP contribution is -2.22. The zero-order valence-electron chi connectivity index (χ0n) is 11.4. The van der Waals surface area contributed by atoms with Gasteiger partial charge in [-0.2, -0.15) is 0 Å². The average molecular weight is 311 g/mol. The summed E-state index contributed by atoms with van der Waals surface area (Å²) in [6.07, 6.45) is 1.70. The quantitative estimate of drug-likeness (QED) is 0.727. The Kier molecular flexibility index (Phi) is 2.97. The molecule has 0 saturated heterocycles. The number of fused-ring (bicyclic) bond motifs is 1. The van der Waals surface area contributed by atoms with E-state index in [1.165, 1.54) is 29.5 Å². The Morgan fingerprint density at radius 2 is 2.09 bits per heavy atom. The molecule has 0 spiro atoms. The number of aromatic nitrogens is 2. The molecule has 22 heavy (non-hydrogen) atoms. The molecule has 4 nitrogen and oxygen atoms in total. The molecular formula is C16H10FN3OS. The lowest BCUT2D eigenvalue weighted by atomic mass is 10.1. The summed E-state index contributed by atoms with van der Waals surface area (Å²) in [6, 6.07) is 9.84. The number of hydrogen-bond donors (Lipinski definition) is 0. The van der Waals surface area contributed by atoms with Crippen molar-refractivity contribution in [3.05, 3.63) is 64.9 Å². The first-order valence-corrected chi connectivity index (χ1v) is 7.57. The molecule has 0 bridgehead atoms. The monoisotopic (exact) mass is 311 g/mol. The summed E-state index contributed by atoms with van der Waals surface area (Å²) in [5.74, 6) is -0.473. The number of halogens is 1. The highest BCUT2D eigenvalue weighted by molar-refractivity contribution is 7.14. The van der Waals surface area contributed by atoms with Crippen LogP contribution in [-0.2, 0) is 6.54 Å². The number of carbonyl (C=O) groups is 1. The Labute approximate surface area is 129 Å². The largest absolute Gasteiger partial charge is 0.279 e. The number of pyridine rings is 1. The highest BCUT2D eigenvalue weighted by Gasteiger charge is 2.30. The SMILES string of the molecule is O=C1c2ccc(F)cc2CN1c1nc(-c2ccccn2)cs1. The molecule has 0 N–H and O–H groups in total. The molecule has 0 unspecified atom stereocenters. The molecule has 108 valence electrons. The second kappa shape index (κ2) is 4.99. The number of nitrogens with zero attached hydrogens (tertiary/aromatic N) is 3. The van der Waals surface area contributed by atoms with Crippen LogP contribution < -0.4 is 4.90 Å². The van der Waals surface area contributed by atoms with Crippen LogP contribution in [0.2, 0.25) is 0 Å². The molecule has 0 saturated carbocycles. The van der Waals surface area contributed by atoms with Crippen LogP contribution in [0.15, 0.2) is 48.0 Å². The third-order valence-electron chi connectivity index (χ3n) is 3.52. The smallest absolute Gasteiger partial charge is 0.260 e. The third kappa shape index (κ3) is 2.08. The van der Waals surface area contributed by atoms with Gasteiger partial charge >= 0.3 is 0 Å². The van der Waals surface area contributed by atoms with E-state index in [1.54, 1.807) is 11.1 Å². The molecule has 0 fully saturated rings. The van der Waals surface area contributed by atoms with Gasteiger partial charge in [-0.3, -0.25) is 14.7 Å². The fourth-order valence-corrected chi connectivity index (χ4v) is 3.28. The van der Waals surface area contributed by atoms with E-state index < -0.39 is 0 Å². The summed E-state index contributed by atoms with van der Waals surface area (Å²) in [5.41, 5.74) is 2.73. The minimum atomic E-state index is -0.332. The van der Waals surface area contributed by atoms with Gasteiger partial charge in [-0.25, -0.2) is 9.37 Å². The highest BCUT2D eigenvalue weighted by atomic mass is 32.1. The molecular weight excluding hydrogens is 301 g/mol. The van der Waals surface area contributed by atoms with E-state index in [0.29, 0.717) is 22.8 Å². The van der Waals surface area contributed by atoms with Crippen molar-refractivity contribution in [2.75, 3.05) is 4.90 Å². The Morgan fingerprint density at radius 1 is 1.18 bits per heavy atom. The number of carbonyl (C=O) groups excluding carboxylic acids is 1. The number of rotatable bonds is 2. The van der Waals surface area contributed by atoms with Gasteiger partial charge in [0.05, 0.1) is 12.2 Å². The summed E-state index contributed by atoms with van der Waals surface area (Å²) in [6.45, 7) is 0.348. The molecule has 3 aromatic rings. The maximum Gasteiger partial charge on any atom is 0.260 e. The molecule has 2 aromatic heterocycles. The number of hydrogen-bond acceptors (Lipinski definition) is 4. The van der Waals surface area contributed by atoms with Crippen molar-refractivity contribution in [1.82, 2.24) is 9.97 Å². The molecule has 3 heterocycles. The Morgan fingerprint density at radius 3 is 2.91 bits per heavy atom. The summed E-state index contributed by atoms with van der Waals surface area (Å²) >= 11 is 1.38. The normalized spacial score (nSPS) is 13.5. The Bertz CT molecular complexity index is 863.